The number of benzene rings is 1. The van der Waals surface area contributed by atoms with Crippen molar-refractivity contribution in [3.63, 3.8) is 0 Å². The molecule has 1 aliphatic heterocycles. The Balaban J connectivity index is 2.32. The molecule has 0 aliphatic carbocycles. The van der Waals surface area contributed by atoms with Crippen LogP contribution in [0, 0.1) is 11.8 Å². The van der Waals surface area contributed by atoms with Crippen LogP contribution in [0.25, 0.3) is 0 Å². The molecule has 1 heterocycles. The van der Waals surface area contributed by atoms with Gasteiger partial charge < -0.3 is 5.73 Å². The fourth-order valence-electron chi connectivity index (χ4n) is 2.45. The molecule has 116 valence electrons. The number of sulfonamides is 1. The lowest BCUT2D eigenvalue weighted by Crippen LogP contribution is -2.42. The fourth-order valence-corrected chi connectivity index (χ4v) is 4.61. The maximum atomic E-state index is 12.7. The van der Waals surface area contributed by atoms with Crippen molar-refractivity contribution in [2.75, 3.05) is 13.1 Å². The number of nitrogens with two attached hydrogens (primary N) is 1. The molecule has 7 heteroatoms. The van der Waals surface area contributed by atoms with E-state index < -0.39 is 10.0 Å². The van der Waals surface area contributed by atoms with E-state index in [1.54, 1.807) is 6.07 Å². The first-order valence-corrected chi connectivity index (χ1v) is 9.05. The molecular weight excluding hydrogens is 328 g/mol. The average Bonchev–Trinajstić information content (AvgIpc) is 2.41. The monoisotopic (exact) mass is 346 g/mol. The van der Waals surface area contributed by atoms with Crippen molar-refractivity contribution < 1.29 is 8.42 Å². The van der Waals surface area contributed by atoms with Gasteiger partial charge in [0.05, 0.1) is 9.92 Å². The molecule has 0 spiro atoms. The number of nitrogens with zero attached hydrogens (tertiary/aromatic N) is 1. The standard InChI is InChI=1S/C14H19ClN2O2S2/c1-9-5-6-17(8-10(9)2)21(18,19)11-3-4-12(14(16)20)13(15)7-11/h3-4,7,9-10H,5-6,8H2,1-2H3,(H2,16,20). The fraction of sp³-hybridized carbons (Fsp3) is 0.500. The SMILES string of the molecule is CC1CCN(S(=O)(=O)c2ccc(C(N)=S)c(Cl)c2)CC1C. The number of piperidine rings is 1. The quantitative estimate of drug-likeness (QED) is 0.854. The van der Waals surface area contributed by atoms with Crippen molar-refractivity contribution in [3.05, 3.63) is 28.8 Å². The van der Waals surface area contributed by atoms with Crippen LogP contribution in [0.3, 0.4) is 0 Å². The van der Waals surface area contributed by atoms with E-state index >= 15 is 0 Å². The van der Waals surface area contributed by atoms with Gasteiger partial charge in [0.2, 0.25) is 10.0 Å². The van der Waals surface area contributed by atoms with Crippen molar-refractivity contribution in [1.82, 2.24) is 4.31 Å². The Bertz CT molecular complexity index is 661. The summed E-state index contributed by atoms with van der Waals surface area (Å²) in [6.45, 7) is 5.32. The van der Waals surface area contributed by atoms with E-state index in [-0.39, 0.29) is 14.9 Å². The Hall–Kier alpha value is -0.690. The van der Waals surface area contributed by atoms with Crippen molar-refractivity contribution in [3.8, 4) is 0 Å². The van der Waals surface area contributed by atoms with E-state index in [4.69, 9.17) is 29.6 Å². The number of rotatable bonds is 3. The molecule has 1 fully saturated rings. The van der Waals surface area contributed by atoms with E-state index in [1.807, 2.05) is 0 Å². The first kappa shape index (κ1) is 16.7. The lowest BCUT2D eigenvalue weighted by Gasteiger charge is -2.34. The van der Waals surface area contributed by atoms with Gasteiger partial charge in [-0.1, -0.05) is 37.7 Å². The maximum absolute atomic E-state index is 12.7. The minimum atomic E-state index is -3.52. The van der Waals surface area contributed by atoms with Crippen LogP contribution in [0.4, 0.5) is 0 Å². The van der Waals surface area contributed by atoms with Crippen LogP contribution in [0.1, 0.15) is 25.8 Å². The molecule has 1 aromatic carbocycles. The molecule has 0 saturated carbocycles. The molecule has 0 radical (unpaired) electrons. The molecule has 4 nitrogen and oxygen atoms in total. The Morgan fingerprint density at radius 1 is 1.38 bits per heavy atom. The second kappa shape index (κ2) is 6.20. The van der Waals surface area contributed by atoms with Crippen molar-refractivity contribution >= 4 is 38.8 Å². The number of hydrogen-bond donors (Lipinski definition) is 1. The Labute approximate surface area is 136 Å². The number of hydrogen-bond acceptors (Lipinski definition) is 3. The molecule has 0 amide bonds. The largest absolute Gasteiger partial charge is 0.389 e. The molecule has 2 unspecified atom stereocenters. The predicted molar refractivity (Wildman–Crippen MR) is 89.0 cm³/mol. The molecule has 2 rings (SSSR count). The van der Waals surface area contributed by atoms with Crippen LogP contribution in [0.2, 0.25) is 5.02 Å². The molecule has 1 aliphatic rings. The van der Waals surface area contributed by atoms with Crippen molar-refractivity contribution in [1.29, 1.82) is 0 Å². The summed E-state index contributed by atoms with van der Waals surface area (Å²) in [5, 5.41) is 0.266. The summed E-state index contributed by atoms with van der Waals surface area (Å²) in [5.74, 6) is 0.886. The number of halogens is 1. The molecule has 2 N–H and O–H groups in total. The third-order valence-corrected chi connectivity index (χ3v) is 6.53. The van der Waals surface area contributed by atoms with Crippen LogP contribution in [-0.2, 0) is 10.0 Å². The van der Waals surface area contributed by atoms with E-state index in [1.165, 1.54) is 16.4 Å². The van der Waals surface area contributed by atoms with Gasteiger partial charge in [-0.25, -0.2) is 8.42 Å². The minimum absolute atomic E-state index is 0.157. The van der Waals surface area contributed by atoms with Crippen molar-refractivity contribution in [2.45, 2.75) is 25.2 Å². The number of thiocarbonyl (C=S) groups is 1. The molecule has 21 heavy (non-hydrogen) atoms. The molecule has 1 aromatic rings. The lowest BCUT2D eigenvalue weighted by molar-refractivity contribution is 0.212. The van der Waals surface area contributed by atoms with E-state index in [0.717, 1.165) is 6.42 Å². The molecule has 1 saturated heterocycles. The van der Waals surface area contributed by atoms with Gasteiger partial charge in [-0.15, -0.1) is 0 Å². The first-order valence-electron chi connectivity index (χ1n) is 6.83. The van der Waals surface area contributed by atoms with Gasteiger partial charge in [-0.2, -0.15) is 4.31 Å². The molecule has 0 bridgehead atoms. The van der Waals surface area contributed by atoms with Gasteiger partial charge in [0.25, 0.3) is 0 Å². The third kappa shape index (κ3) is 3.39. The Morgan fingerprint density at radius 3 is 2.57 bits per heavy atom. The van der Waals surface area contributed by atoms with Gasteiger partial charge in [0.1, 0.15) is 4.99 Å². The topological polar surface area (TPSA) is 63.4 Å². The van der Waals surface area contributed by atoms with Crippen LogP contribution in [0.5, 0.6) is 0 Å². The summed E-state index contributed by atoms with van der Waals surface area (Å²) in [5.41, 5.74) is 6.03. The average molecular weight is 347 g/mol. The van der Waals surface area contributed by atoms with Gasteiger partial charge in [-0.05, 0) is 36.5 Å². The van der Waals surface area contributed by atoms with Crippen LogP contribution < -0.4 is 5.73 Å². The minimum Gasteiger partial charge on any atom is -0.389 e. The van der Waals surface area contributed by atoms with Gasteiger partial charge in [0, 0.05) is 18.7 Å². The van der Waals surface area contributed by atoms with E-state index in [0.29, 0.717) is 30.5 Å². The third-order valence-electron chi connectivity index (χ3n) is 4.14. The van der Waals surface area contributed by atoms with Gasteiger partial charge >= 0.3 is 0 Å². The highest BCUT2D eigenvalue weighted by atomic mass is 35.5. The highest BCUT2D eigenvalue weighted by Gasteiger charge is 2.32. The second-order valence-corrected chi connectivity index (χ2v) is 8.40. The normalized spacial score (nSPS) is 24.0. The van der Waals surface area contributed by atoms with E-state index in [2.05, 4.69) is 13.8 Å². The lowest BCUT2D eigenvalue weighted by atomic mass is 9.90. The molecular formula is C14H19ClN2O2S2. The van der Waals surface area contributed by atoms with Crippen LogP contribution in [-0.4, -0.2) is 30.8 Å². The maximum Gasteiger partial charge on any atom is 0.243 e. The highest BCUT2D eigenvalue weighted by molar-refractivity contribution is 7.89. The molecule has 0 aromatic heterocycles. The summed E-state index contributed by atoms with van der Waals surface area (Å²) >= 11 is 10.9. The Kier molecular flexibility index (Phi) is 4.92. The van der Waals surface area contributed by atoms with E-state index in [9.17, 15) is 8.42 Å². The van der Waals surface area contributed by atoms with Crippen molar-refractivity contribution in [2.24, 2.45) is 17.6 Å². The zero-order valence-corrected chi connectivity index (χ0v) is 14.4. The summed E-state index contributed by atoms with van der Waals surface area (Å²) in [7, 11) is -3.52. The highest BCUT2D eigenvalue weighted by Crippen LogP contribution is 2.29. The summed E-state index contributed by atoms with van der Waals surface area (Å²) in [4.78, 5) is 0.346. The second-order valence-electron chi connectivity index (χ2n) is 5.61. The van der Waals surface area contributed by atoms with Crippen LogP contribution in [0.15, 0.2) is 23.1 Å². The first-order chi connectivity index (χ1) is 9.73. The van der Waals surface area contributed by atoms with Gasteiger partial charge in [-0.3, -0.25) is 0 Å². The Morgan fingerprint density at radius 2 is 2.05 bits per heavy atom. The summed E-state index contributed by atoms with van der Waals surface area (Å²) < 4.78 is 26.9. The molecule has 2 atom stereocenters. The smallest absolute Gasteiger partial charge is 0.243 e. The van der Waals surface area contributed by atoms with Gasteiger partial charge in [0.15, 0.2) is 0 Å². The zero-order valence-electron chi connectivity index (χ0n) is 12.0. The summed E-state index contributed by atoms with van der Waals surface area (Å²) in [6, 6.07) is 4.50. The zero-order chi connectivity index (χ0) is 15.8. The predicted octanol–water partition coefficient (Wildman–Crippen LogP) is 2.64. The summed E-state index contributed by atoms with van der Waals surface area (Å²) in [6.07, 6.45) is 0.874. The van der Waals surface area contributed by atoms with Crippen LogP contribution >= 0.6 is 23.8 Å².